The van der Waals surface area contributed by atoms with Crippen LogP contribution in [0.15, 0.2) is 0 Å². The summed E-state index contributed by atoms with van der Waals surface area (Å²) >= 11 is 0. The molecule has 0 heterocycles. The van der Waals surface area contributed by atoms with Crippen molar-refractivity contribution in [2.45, 2.75) is 0 Å². The Hall–Kier alpha value is 2.32. The van der Waals surface area contributed by atoms with Crippen molar-refractivity contribution in [3.05, 3.63) is 0 Å². The molecule has 53 valence electrons. The maximum Gasteiger partial charge on any atom is 0 e. The fourth-order valence-corrected chi connectivity index (χ4v) is 0. The van der Waals surface area contributed by atoms with Crippen LogP contribution in [0, 0.1) is 0 Å². The Morgan fingerprint density at radius 2 is 0.286 bits per heavy atom. The van der Waals surface area contributed by atoms with Crippen molar-refractivity contribution in [3.8, 4) is 0 Å². The Labute approximate surface area is 92.3 Å². The van der Waals surface area contributed by atoms with E-state index >= 15 is 0 Å². The van der Waals surface area contributed by atoms with Crippen molar-refractivity contribution in [1.29, 1.82) is 0 Å². The quantitative estimate of drug-likeness (QED) is 0.634. The third-order valence-electron chi connectivity index (χ3n) is 0. The van der Waals surface area contributed by atoms with Gasteiger partial charge in [0.2, 0.25) is 0 Å². The van der Waals surface area contributed by atoms with Crippen molar-refractivity contribution in [2.24, 2.45) is 0 Å². The van der Waals surface area contributed by atoms with Crippen molar-refractivity contribution in [1.82, 2.24) is 0 Å². The zero-order chi connectivity index (χ0) is 0. The molecular formula is H6Cl6V. The third kappa shape index (κ3) is 61.6. The number of rotatable bonds is 0. The van der Waals surface area contributed by atoms with E-state index in [0.29, 0.717) is 0 Å². The van der Waals surface area contributed by atoms with Crippen LogP contribution in [0.4, 0.5) is 0 Å². The topological polar surface area (TPSA) is 0 Å². The van der Waals surface area contributed by atoms with Crippen LogP contribution in [0.2, 0.25) is 0 Å². The predicted octanol–water partition coefficient (Wildman–Crippen LogP) is 2.53. The minimum atomic E-state index is 0. The molecule has 0 amide bonds. The summed E-state index contributed by atoms with van der Waals surface area (Å²) in [6.45, 7) is 0. The number of halogens is 6. The van der Waals surface area contributed by atoms with Crippen LogP contribution in [0.1, 0.15) is 0 Å². The van der Waals surface area contributed by atoms with Crippen LogP contribution in [0.3, 0.4) is 0 Å². The van der Waals surface area contributed by atoms with Gasteiger partial charge < -0.3 is 0 Å². The summed E-state index contributed by atoms with van der Waals surface area (Å²) < 4.78 is 0. The van der Waals surface area contributed by atoms with E-state index < -0.39 is 0 Å². The normalized spacial score (nSPS) is 0. The molecule has 1 radical (unpaired) electrons. The first-order valence-electron chi connectivity index (χ1n) is 0. The van der Waals surface area contributed by atoms with Gasteiger partial charge in [-0.2, -0.15) is 0 Å². The molecule has 0 aliphatic heterocycles. The smallest absolute Gasteiger partial charge is 0 e. The van der Waals surface area contributed by atoms with E-state index in [-0.39, 0.29) is 93.0 Å². The van der Waals surface area contributed by atoms with Crippen LogP contribution in [0.5, 0.6) is 0 Å². The van der Waals surface area contributed by atoms with Gasteiger partial charge in [-0.15, -0.1) is 74.4 Å². The monoisotopic (exact) mass is 267 g/mol. The summed E-state index contributed by atoms with van der Waals surface area (Å²) in [5.74, 6) is 0. The largest absolute Gasteiger partial charge is 0.147 e. The zero-order valence-corrected chi connectivity index (χ0v) is 9.19. The zero-order valence-electron chi connectivity index (χ0n) is 2.90. The molecular weight excluding hydrogens is 264 g/mol. The van der Waals surface area contributed by atoms with Gasteiger partial charge in [-0.3, -0.25) is 0 Å². The van der Waals surface area contributed by atoms with Crippen molar-refractivity contribution in [3.63, 3.8) is 0 Å². The molecule has 7 heavy (non-hydrogen) atoms. The first-order valence-corrected chi connectivity index (χ1v) is 0. The van der Waals surface area contributed by atoms with Crippen LogP contribution >= 0.6 is 74.4 Å². The second-order valence-corrected chi connectivity index (χ2v) is 0. The number of hydrogen-bond donors (Lipinski definition) is 0. The predicted molar refractivity (Wildman–Crippen MR) is 43.5 cm³/mol. The van der Waals surface area contributed by atoms with E-state index in [4.69, 9.17) is 0 Å². The molecule has 0 aromatic rings. The molecule has 0 atom stereocenters. The standard InChI is InChI=1S/6ClH.V/h6*1H;. The van der Waals surface area contributed by atoms with Crippen LogP contribution in [-0.2, 0) is 18.6 Å². The minimum Gasteiger partial charge on any atom is -0.147 e. The maximum absolute atomic E-state index is 0. The van der Waals surface area contributed by atoms with Crippen molar-refractivity contribution >= 4 is 74.4 Å². The molecule has 0 aliphatic carbocycles. The van der Waals surface area contributed by atoms with Gasteiger partial charge in [0.1, 0.15) is 0 Å². The Balaban J connectivity index is 0. The summed E-state index contributed by atoms with van der Waals surface area (Å²) in [5.41, 5.74) is 0. The molecule has 0 aromatic carbocycles. The molecule has 0 aromatic heterocycles. The summed E-state index contributed by atoms with van der Waals surface area (Å²) in [4.78, 5) is 0. The van der Waals surface area contributed by atoms with E-state index in [0.717, 1.165) is 0 Å². The fraction of sp³-hybridized carbons (Fsp3) is 0. The molecule has 0 fully saturated rings. The molecule has 0 spiro atoms. The molecule has 7 heteroatoms. The van der Waals surface area contributed by atoms with Crippen LogP contribution < -0.4 is 0 Å². The van der Waals surface area contributed by atoms with E-state index in [1.54, 1.807) is 0 Å². The Kier molecular flexibility index (Phi) is 1410. The van der Waals surface area contributed by atoms with Crippen LogP contribution in [-0.4, -0.2) is 0 Å². The first kappa shape index (κ1) is 120. The molecule has 0 rings (SSSR count). The molecule has 0 saturated carbocycles. The van der Waals surface area contributed by atoms with Gasteiger partial charge in [-0.25, -0.2) is 0 Å². The van der Waals surface area contributed by atoms with Gasteiger partial charge in [0.25, 0.3) is 0 Å². The third-order valence-corrected chi connectivity index (χ3v) is 0. The van der Waals surface area contributed by atoms with Crippen molar-refractivity contribution in [2.75, 3.05) is 0 Å². The second kappa shape index (κ2) is 82.7. The summed E-state index contributed by atoms with van der Waals surface area (Å²) in [6, 6.07) is 0. The van der Waals surface area contributed by atoms with E-state index in [9.17, 15) is 0 Å². The maximum atomic E-state index is 0. The fourth-order valence-electron chi connectivity index (χ4n) is 0. The summed E-state index contributed by atoms with van der Waals surface area (Å²) in [7, 11) is 0. The van der Waals surface area contributed by atoms with E-state index in [1.807, 2.05) is 0 Å². The average molecular weight is 270 g/mol. The van der Waals surface area contributed by atoms with Crippen molar-refractivity contribution < 1.29 is 18.6 Å². The summed E-state index contributed by atoms with van der Waals surface area (Å²) in [6.07, 6.45) is 0. The van der Waals surface area contributed by atoms with Gasteiger partial charge in [0.05, 0.1) is 0 Å². The van der Waals surface area contributed by atoms with Gasteiger partial charge in [0.15, 0.2) is 0 Å². The Morgan fingerprint density at radius 1 is 0.286 bits per heavy atom. The summed E-state index contributed by atoms with van der Waals surface area (Å²) in [5, 5.41) is 0. The van der Waals surface area contributed by atoms with E-state index in [1.165, 1.54) is 0 Å². The van der Waals surface area contributed by atoms with Gasteiger partial charge >= 0.3 is 0 Å². The number of hydrogen-bond acceptors (Lipinski definition) is 0. The molecule has 0 bridgehead atoms. The first-order chi connectivity index (χ1) is 0. The molecule has 0 aliphatic rings. The minimum absolute atomic E-state index is 0. The van der Waals surface area contributed by atoms with Gasteiger partial charge in [-0.05, 0) is 0 Å². The average Bonchev–Trinajstić information content (AvgIpc) is 0. The SMILES string of the molecule is Cl.Cl.Cl.Cl.Cl.Cl.[V]. The molecule has 0 nitrogen and oxygen atoms in total. The van der Waals surface area contributed by atoms with Crippen LogP contribution in [0.25, 0.3) is 0 Å². The molecule has 0 saturated heterocycles. The van der Waals surface area contributed by atoms with Gasteiger partial charge in [0, 0.05) is 18.6 Å². The molecule has 0 unspecified atom stereocenters. The van der Waals surface area contributed by atoms with Gasteiger partial charge in [-0.1, -0.05) is 0 Å². The van der Waals surface area contributed by atoms with E-state index in [2.05, 4.69) is 0 Å². The molecule has 0 N–H and O–H groups in total. The Bertz CT molecular complexity index is 4.14. The Morgan fingerprint density at radius 3 is 0.286 bits per heavy atom. The second-order valence-electron chi connectivity index (χ2n) is 0.